The van der Waals surface area contributed by atoms with Crippen molar-refractivity contribution >= 4 is 11.6 Å². The second-order valence-corrected chi connectivity index (χ2v) is 3.76. The van der Waals surface area contributed by atoms with Gasteiger partial charge in [-0.05, 0) is 30.0 Å². The fraction of sp³-hybridized carbons (Fsp3) is 0.556. The zero-order chi connectivity index (χ0) is 9.84. The first kappa shape index (κ1) is 10.4. The van der Waals surface area contributed by atoms with Crippen molar-refractivity contribution in [1.82, 2.24) is 9.97 Å². The fourth-order valence-corrected chi connectivity index (χ4v) is 1.36. The molecule has 4 heteroatoms. The summed E-state index contributed by atoms with van der Waals surface area (Å²) >= 11 is 5.73. The number of hydrogen-bond acceptors (Lipinski definition) is 3. The summed E-state index contributed by atoms with van der Waals surface area (Å²) < 4.78 is 0. The molecule has 0 saturated carbocycles. The molecule has 0 spiro atoms. The highest BCUT2D eigenvalue weighted by molar-refractivity contribution is 6.28. The highest BCUT2D eigenvalue weighted by atomic mass is 35.5. The highest BCUT2D eigenvalue weighted by Crippen LogP contribution is 2.09. The van der Waals surface area contributed by atoms with Gasteiger partial charge in [0.25, 0.3) is 0 Å². The van der Waals surface area contributed by atoms with E-state index in [0.29, 0.717) is 17.7 Å². The standard InChI is InChI=1S/C9H14ClN3/c1-6(2)3-7-4-8(5-11)13-9(10)12-7/h4,6H,3,5,11H2,1-2H3. The van der Waals surface area contributed by atoms with Crippen LogP contribution in [-0.4, -0.2) is 9.97 Å². The number of nitrogens with two attached hydrogens (primary N) is 1. The Hall–Kier alpha value is -0.670. The minimum absolute atomic E-state index is 0.290. The lowest BCUT2D eigenvalue weighted by Gasteiger charge is -2.05. The summed E-state index contributed by atoms with van der Waals surface area (Å²) in [6.07, 6.45) is 0.912. The summed E-state index contributed by atoms with van der Waals surface area (Å²) in [5, 5.41) is 0.290. The topological polar surface area (TPSA) is 51.8 Å². The molecule has 1 aromatic rings. The van der Waals surface area contributed by atoms with Gasteiger partial charge in [-0.1, -0.05) is 13.8 Å². The van der Waals surface area contributed by atoms with E-state index in [0.717, 1.165) is 17.8 Å². The lowest BCUT2D eigenvalue weighted by Crippen LogP contribution is -2.05. The second kappa shape index (κ2) is 4.53. The summed E-state index contributed by atoms with van der Waals surface area (Å²) in [7, 11) is 0. The molecule has 1 aromatic heterocycles. The minimum Gasteiger partial charge on any atom is -0.325 e. The van der Waals surface area contributed by atoms with E-state index in [-0.39, 0.29) is 0 Å². The molecule has 1 heterocycles. The normalized spacial score (nSPS) is 10.8. The highest BCUT2D eigenvalue weighted by Gasteiger charge is 2.03. The molecule has 0 amide bonds. The van der Waals surface area contributed by atoms with E-state index in [2.05, 4.69) is 23.8 Å². The SMILES string of the molecule is CC(C)Cc1cc(CN)nc(Cl)n1. The average Bonchev–Trinajstić information content (AvgIpc) is 2.01. The summed E-state index contributed by atoms with van der Waals surface area (Å²) in [5.41, 5.74) is 7.24. The quantitative estimate of drug-likeness (QED) is 0.756. The van der Waals surface area contributed by atoms with E-state index >= 15 is 0 Å². The van der Waals surface area contributed by atoms with Gasteiger partial charge in [0.05, 0.1) is 5.69 Å². The Labute approximate surface area is 83.3 Å². The van der Waals surface area contributed by atoms with Crippen LogP contribution in [0.4, 0.5) is 0 Å². The Kier molecular flexibility index (Phi) is 3.63. The molecule has 0 aliphatic heterocycles. The van der Waals surface area contributed by atoms with Crippen LogP contribution in [0.15, 0.2) is 6.07 Å². The Morgan fingerprint density at radius 3 is 2.54 bits per heavy atom. The molecule has 0 saturated heterocycles. The molecule has 0 bridgehead atoms. The van der Waals surface area contributed by atoms with Crippen LogP contribution in [0.1, 0.15) is 25.2 Å². The smallest absolute Gasteiger partial charge is 0.222 e. The fourth-order valence-electron chi connectivity index (χ4n) is 1.15. The van der Waals surface area contributed by atoms with Gasteiger partial charge < -0.3 is 5.73 Å². The average molecular weight is 200 g/mol. The van der Waals surface area contributed by atoms with Crippen molar-refractivity contribution in [1.29, 1.82) is 0 Å². The number of hydrogen-bond donors (Lipinski definition) is 1. The van der Waals surface area contributed by atoms with Crippen LogP contribution in [-0.2, 0) is 13.0 Å². The molecule has 0 unspecified atom stereocenters. The van der Waals surface area contributed by atoms with Crippen molar-refractivity contribution in [2.75, 3.05) is 0 Å². The van der Waals surface area contributed by atoms with E-state index in [1.54, 1.807) is 0 Å². The summed E-state index contributed by atoms with van der Waals surface area (Å²) in [6.45, 7) is 4.68. The molecule has 0 fully saturated rings. The Morgan fingerprint density at radius 1 is 1.38 bits per heavy atom. The van der Waals surface area contributed by atoms with Gasteiger partial charge in [0.2, 0.25) is 5.28 Å². The van der Waals surface area contributed by atoms with E-state index < -0.39 is 0 Å². The molecule has 0 aromatic carbocycles. The molecule has 3 nitrogen and oxygen atoms in total. The Balaban J connectivity index is 2.88. The van der Waals surface area contributed by atoms with Crippen LogP contribution in [0.5, 0.6) is 0 Å². The van der Waals surface area contributed by atoms with Gasteiger partial charge in [-0.2, -0.15) is 0 Å². The predicted molar refractivity (Wildman–Crippen MR) is 53.5 cm³/mol. The van der Waals surface area contributed by atoms with Gasteiger partial charge in [0.1, 0.15) is 0 Å². The first-order valence-corrected chi connectivity index (χ1v) is 4.72. The van der Waals surface area contributed by atoms with Crippen molar-refractivity contribution in [2.45, 2.75) is 26.8 Å². The van der Waals surface area contributed by atoms with E-state index in [1.807, 2.05) is 6.07 Å². The molecule has 0 aliphatic carbocycles. The first-order chi connectivity index (χ1) is 6.11. The molecule has 13 heavy (non-hydrogen) atoms. The van der Waals surface area contributed by atoms with Crippen LogP contribution >= 0.6 is 11.6 Å². The third-order valence-corrected chi connectivity index (χ3v) is 1.80. The predicted octanol–water partition coefficient (Wildman–Crippen LogP) is 1.79. The summed E-state index contributed by atoms with van der Waals surface area (Å²) in [6, 6.07) is 1.91. The van der Waals surface area contributed by atoms with Gasteiger partial charge in [-0.3, -0.25) is 0 Å². The van der Waals surface area contributed by atoms with Gasteiger partial charge in [-0.15, -0.1) is 0 Å². The van der Waals surface area contributed by atoms with Gasteiger partial charge >= 0.3 is 0 Å². The van der Waals surface area contributed by atoms with E-state index in [9.17, 15) is 0 Å². The maximum atomic E-state index is 5.73. The van der Waals surface area contributed by atoms with Crippen LogP contribution in [0.25, 0.3) is 0 Å². The summed E-state index contributed by atoms with van der Waals surface area (Å²) in [5.74, 6) is 0.566. The van der Waals surface area contributed by atoms with Crippen molar-refractivity contribution in [3.63, 3.8) is 0 Å². The maximum Gasteiger partial charge on any atom is 0.222 e. The minimum atomic E-state index is 0.290. The molecule has 0 atom stereocenters. The van der Waals surface area contributed by atoms with Gasteiger partial charge in [0.15, 0.2) is 0 Å². The third kappa shape index (κ3) is 3.28. The number of aromatic nitrogens is 2. The second-order valence-electron chi connectivity index (χ2n) is 3.42. The van der Waals surface area contributed by atoms with Crippen LogP contribution in [0, 0.1) is 5.92 Å². The molecule has 2 N–H and O–H groups in total. The van der Waals surface area contributed by atoms with Gasteiger partial charge in [0, 0.05) is 12.2 Å². The molecule has 0 aliphatic rings. The lowest BCUT2D eigenvalue weighted by molar-refractivity contribution is 0.632. The largest absolute Gasteiger partial charge is 0.325 e. The molecular formula is C9H14ClN3. The number of halogens is 1. The third-order valence-electron chi connectivity index (χ3n) is 1.63. The van der Waals surface area contributed by atoms with Crippen molar-refractivity contribution in [2.24, 2.45) is 11.7 Å². The zero-order valence-electron chi connectivity index (χ0n) is 7.92. The summed E-state index contributed by atoms with van der Waals surface area (Å²) in [4.78, 5) is 8.11. The van der Waals surface area contributed by atoms with Crippen molar-refractivity contribution in [3.05, 3.63) is 22.7 Å². The van der Waals surface area contributed by atoms with E-state index in [4.69, 9.17) is 17.3 Å². The maximum absolute atomic E-state index is 5.73. The molecule has 1 rings (SSSR count). The van der Waals surface area contributed by atoms with Crippen LogP contribution in [0.2, 0.25) is 5.28 Å². The van der Waals surface area contributed by atoms with Gasteiger partial charge in [-0.25, -0.2) is 9.97 Å². The zero-order valence-corrected chi connectivity index (χ0v) is 8.67. The Morgan fingerprint density at radius 2 is 2.00 bits per heavy atom. The molecule has 0 radical (unpaired) electrons. The van der Waals surface area contributed by atoms with Crippen molar-refractivity contribution < 1.29 is 0 Å². The van der Waals surface area contributed by atoms with E-state index in [1.165, 1.54) is 0 Å². The Bertz CT molecular complexity index is 286. The number of nitrogens with zero attached hydrogens (tertiary/aromatic N) is 2. The monoisotopic (exact) mass is 199 g/mol. The first-order valence-electron chi connectivity index (χ1n) is 4.34. The lowest BCUT2D eigenvalue weighted by atomic mass is 10.1. The molecule has 72 valence electrons. The van der Waals surface area contributed by atoms with Crippen molar-refractivity contribution in [3.8, 4) is 0 Å². The molecular weight excluding hydrogens is 186 g/mol. The van der Waals surface area contributed by atoms with Crippen LogP contribution < -0.4 is 5.73 Å². The number of rotatable bonds is 3. The van der Waals surface area contributed by atoms with Crippen LogP contribution in [0.3, 0.4) is 0 Å².